The molecule has 1 saturated heterocycles. The van der Waals surface area contributed by atoms with Crippen LogP contribution in [0.25, 0.3) is 10.2 Å². The Labute approximate surface area is 170 Å². The second kappa shape index (κ2) is 8.31. The highest BCUT2D eigenvalue weighted by Gasteiger charge is 2.26. The number of amides is 1. The van der Waals surface area contributed by atoms with E-state index in [1.165, 1.54) is 15.4 Å². The highest BCUT2D eigenvalue weighted by Crippen LogP contribution is 2.34. The summed E-state index contributed by atoms with van der Waals surface area (Å²) in [6.07, 6.45) is 1.98. The molecule has 0 atom stereocenters. The molecule has 0 N–H and O–H groups in total. The van der Waals surface area contributed by atoms with Crippen LogP contribution in [0, 0.1) is 0 Å². The summed E-state index contributed by atoms with van der Waals surface area (Å²) in [6.45, 7) is 7.86. The van der Waals surface area contributed by atoms with Gasteiger partial charge in [0.05, 0.1) is 15.2 Å². The molecule has 1 fully saturated rings. The monoisotopic (exact) mass is 393 g/mol. The number of carbonyl (C=O) groups is 1. The van der Waals surface area contributed by atoms with Gasteiger partial charge in [0.1, 0.15) is 0 Å². The fourth-order valence-electron chi connectivity index (χ4n) is 3.98. The Morgan fingerprint density at radius 1 is 1.07 bits per heavy atom. The van der Waals surface area contributed by atoms with Crippen molar-refractivity contribution < 1.29 is 4.79 Å². The van der Waals surface area contributed by atoms with E-state index < -0.39 is 0 Å². The van der Waals surface area contributed by atoms with Gasteiger partial charge >= 0.3 is 0 Å². The molecule has 1 aliphatic heterocycles. The van der Waals surface area contributed by atoms with Crippen LogP contribution in [-0.4, -0.2) is 42.0 Å². The lowest BCUT2D eigenvalue weighted by molar-refractivity contribution is 0.0713. The Kier molecular flexibility index (Phi) is 5.62. The van der Waals surface area contributed by atoms with Gasteiger partial charge in [-0.2, -0.15) is 0 Å². The molecule has 1 aliphatic rings. The number of fused-ring (bicyclic) bond motifs is 1. The standard InChI is InChI=1S/C23H27N3OS/c1-3-25(4-2)19-11-9-18(10-12-19)23(27)26-15-13-17(14-16-26)22-24-20-7-5-6-8-21(20)28-22/h5-12,17H,3-4,13-16H2,1-2H3. The molecular weight excluding hydrogens is 366 g/mol. The van der Waals surface area contributed by atoms with Crippen molar-refractivity contribution >= 4 is 33.1 Å². The molecule has 3 aromatic rings. The van der Waals surface area contributed by atoms with Crippen LogP contribution in [0.5, 0.6) is 0 Å². The van der Waals surface area contributed by atoms with Crippen molar-refractivity contribution in [3.05, 3.63) is 59.1 Å². The zero-order chi connectivity index (χ0) is 19.5. The summed E-state index contributed by atoms with van der Waals surface area (Å²) in [5, 5.41) is 1.22. The maximum Gasteiger partial charge on any atom is 0.253 e. The summed E-state index contributed by atoms with van der Waals surface area (Å²) in [5.41, 5.74) is 3.06. The molecule has 1 aromatic heterocycles. The Morgan fingerprint density at radius 3 is 2.39 bits per heavy atom. The third kappa shape index (κ3) is 3.76. The Balaban J connectivity index is 1.39. The van der Waals surface area contributed by atoms with Crippen molar-refractivity contribution in [3.8, 4) is 0 Å². The summed E-state index contributed by atoms with van der Waals surface area (Å²) < 4.78 is 1.25. The number of hydrogen-bond donors (Lipinski definition) is 0. The lowest BCUT2D eigenvalue weighted by Crippen LogP contribution is -2.37. The molecule has 28 heavy (non-hydrogen) atoms. The van der Waals surface area contributed by atoms with Crippen molar-refractivity contribution in [2.75, 3.05) is 31.1 Å². The van der Waals surface area contributed by atoms with Crippen LogP contribution in [-0.2, 0) is 0 Å². The average Bonchev–Trinajstić information content (AvgIpc) is 3.19. The van der Waals surface area contributed by atoms with E-state index in [0.717, 1.165) is 50.1 Å². The normalized spacial score (nSPS) is 15.1. The van der Waals surface area contributed by atoms with Gasteiger partial charge in [-0.15, -0.1) is 11.3 Å². The Hall–Kier alpha value is -2.40. The van der Waals surface area contributed by atoms with Crippen molar-refractivity contribution in [1.82, 2.24) is 9.88 Å². The molecule has 0 unspecified atom stereocenters. The molecule has 4 nitrogen and oxygen atoms in total. The van der Waals surface area contributed by atoms with E-state index in [4.69, 9.17) is 4.98 Å². The van der Waals surface area contributed by atoms with E-state index in [0.29, 0.717) is 5.92 Å². The van der Waals surface area contributed by atoms with Gasteiger partial charge in [-0.05, 0) is 63.1 Å². The van der Waals surface area contributed by atoms with Gasteiger partial charge in [0.2, 0.25) is 0 Å². The number of piperidine rings is 1. The van der Waals surface area contributed by atoms with Gasteiger partial charge in [-0.3, -0.25) is 4.79 Å². The van der Waals surface area contributed by atoms with E-state index in [1.54, 1.807) is 11.3 Å². The van der Waals surface area contributed by atoms with Gasteiger partial charge in [0, 0.05) is 43.3 Å². The fourth-order valence-corrected chi connectivity index (χ4v) is 5.12. The SMILES string of the molecule is CCN(CC)c1ccc(C(=O)N2CCC(c3nc4ccccc4s3)CC2)cc1. The molecule has 2 heterocycles. The number of anilines is 1. The van der Waals surface area contributed by atoms with Gasteiger partial charge in [0.15, 0.2) is 0 Å². The van der Waals surface area contributed by atoms with Crippen LogP contribution in [0.2, 0.25) is 0 Å². The number of hydrogen-bond acceptors (Lipinski definition) is 4. The van der Waals surface area contributed by atoms with Crippen LogP contribution in [0.4, 0.5) is 5.69 Å². The Morgan fingerprint density at radius 2 is 1.75 bits per heavy atom. The summed E-state index contributed by atoms with van der Waals surface area (Å²) in [6, 6.07) is 16.4. The zero-order valence-corrected chi connectivity index (χ0v) is 17.4. The summed E-state index contributed by atoms with van der Waals surface area (Å²) in [4.78, 5) is 22.0. The number of carbonyl (C=O) groups excluding carboxylic acids is 1. The second-order valence-corrected chi connectivity index (χ2v) is 8.37. The van der Waals surface area contributed by atoms with Gasteiger partial charge < -0.3 is 9.80 Å². The molecule has 5 heteroatoms. The Bertz CT molecular complexity index is 905. The number of para-hydroxylation sites is 1. The lowest BCUT2D eigenvalue weighted by atomic mass is 9.97. The highest BCUT2D eigenvalue weighted by atomic mass is 32.1. The molecular formula is C23H27N3OS. The molecule has 0 aliphatic carbocycles. The molecule has 2 aromatic carbocycles. The topological polar surface area (TPSA) is 36.4 Å². The van der Waals surface area contributed by atoms with Crippen molar-refractivity contribution in [2.24, 2.45) is 0 Å². The number of likely N-dealkylation sites (tertiary alicyclic amines) is 1. The zero-order valence-electron chi connectivity index (χ0n) is 16.6. The first kappa shape index (κ1) is 18.9. The third-order valence-electron chi connectivity index (χ3n) is 5.68. The maximum absolute atomic E-state index is 12.9. The van der Waals surface area contributed by atoms with E-state index in [2.05, 4.69) is 49.1 Å². The summed E-state index contributed by atoms with van der Waals surface area (Å²) in [5.74, 6) is 0.611. The van der Waals surface area contributed by atoms with Crippen molar-refractivity contribution in [2.45, 2.75) is 32.6 Å². The largest absolute Gasteiger partial charge is 0.372 e. The number of rotatable bonds is 5. The van der Waals surface area contributed by atoms with Crippen LogP contribution in [0.3, 0.4) is 0 Å². The molecule has 0 spiro atoms. The van der Waals surface area contributed by atoms with Crippen molar-refractivity contribution in [3.63, 3.8) is 0 Å². The maximum atomic E-state index is 12.9. The minimum Gasteiger partial charge on any atom is -0.372 e. The minimum absolute atomic E-state index is 0.147. The van der Waals surface area contributed by atoms with Gasteiger partial charge in [-0.25, -0.2) is 4.98 Å². The number of nitrogens with zero attached hydrogens (tertiary/aromatic N) is 3. The van der Waals surface area contributed by atoms with E-state index in [9.17, 15) is 4.79 Å². The van der Waals surface area contributed by atoms with E-state index >= 15 is 0 Å². The summed E-state index contributed by atoms with van der Waals surface area (Å²) >= 11 is 1.80. The van der Waals surface area contributed by atoms with Crippen LogP contribution in [0.1, 0.15) is 48.0 Å². The van der Waals surface area contributed by atoms with Crippen LogP contribution >= 0.6 is 11.3 Å². The molecule has 1 amide bonds. The average molecular weight is 394 g/mol. The van der Waals surface area contributed by atoms with Gasteiger partial charge in [0.25, 0.3) is 5.91 Å². The summed E-state index contributed by atoms with van der Waals surface area (Å²) in [7, 11) is 0. The predicted octanol–water partition coefficient (Wildman–Crippen LogP) is 5.16. The first-order valence-electron chi connectivity index (χ1n) is 10.2. The lowest BCUT2D eigenvalue weighted by Gasteiger charge is -2.31. The second-order valence-electron chi connectivity index (χ2n) is 7.31. The van der Waals surface area contributed by atoms with Gasteiger partial charge in [-0.1, -0.05) is 12.1 Å². The minimum atomic E-state index is 0.147. The number of thiazole rings is 1. The number of aromatic nitrogens is 1. The van der Waals surface area contributed by atoms with Crippen LogP contribution in [0.15, 0.2) is 48.5 Å². The smallest absolute Gasteiger partial charge is 0.253 e. The predicted molar refractivity (Wildman–Crippen MR) is 118 cm³/mol. The molecule has 4 rings (SSSR count). The third-order valence-corrected chi connectivity index (χ3v) is 6.88. The molecule has 0 saturated carbocycles. The molecule has 0 bridgehead atoms. The van der Waals surface area contributed by atoms with E-state index in [-0.39, 0.29) is 5.91 Å². The quantitative estimate of drug-likeness (QED) is 0.600. The highest BCUT2D eigenvalue weighted by molar-refractivity contribution is 7.18. The molecule has 0 radical (unpaired) electrons. The van der Waals surface area contributed by atoms with Crippen LogP contribution < -0.4 is 4.90 Å². The first-order chi connectivity index (χ1) is 13.7. The first-order valence-corrected chi connectivity index (χ1v) is 11.0. The fraction of sp³-hybridized carbons (Fsp3) is 0.391. The van der Waals surface area contributed by atoms with E-state index in [1.807, 2.05) is 23.1 Å². The number of benzene rings is 2. The van der Waals surface area contributed by atoms with Crippen molar-refractivity contribution in [1.29, 1.82) is 0 Å². The molecule has 146 valence electrons.